The zero-order chi connectivity index (χ0) is 15.0. The number of aliphatic hydroxyl groups is 1. The van der Waals surface area contributed by atoms with Gasteiger partial charge in [-0.15, -0.1) is 0 Å². The lowest BCUT2D eigenvalue weighted by molar-refractivity contribution is 0.127. The highest BCUT2D eigenvalue weighted by Gasteiger charge is 2.12. The average Bonchev–Trinajstić information content (AvgIpc) is 2.45. The second-order valence-electron chi connectivity index (χ2n) is 4.28. The summed E-state index contributed by atoms with van der Waals surface area (Å²) >= 11 is 0. The van der Waals surface area contributed by atoms with Crippen LogP contribution in [0.3, 0.4) is 0 Å². The monoisotopic (exact) mass is 285 g/mol. The van der Waals surface area contributed by atoms with Gasteiger partial charge in [-0.1, -0.05) is 11.2 Å². The molecule has 0 spiro atoms. The molecule has 0 aromatic heterocycles. The summed E-state index contributed by atoms with van der Waals surface area (Å²) in [6, 6.07) is 4.12. The van der Waals surface area contributed by atoms with Crippen molar-refractivity contribution in [1.82, 2.24) is 4.90 Å². The largest absolute Gasteiger partial charge is 0.409 e. The summed E-state index contributed by atoms with van der Waals surface area (Å²) in [6.45, 7) is 2.03. The van der Waals surface area contributed by atoms with Gasteiger partial charge in [0.2, 0.25) is 0 Å². The molecule has 20 heavy (non-hydrogen) atoms. The summed E-state index contributed by atoms with van der Waals surface area (Å²) in [5.41, 5.74) is 6.61. The van der Waals surface area contributed by atoms with Gasteiger partial charge in [-0.2, -0.15) is 0 Å². The molecule has 1 aromatic carbocycles. The Morgan fingerprint density at radius 2 is 2.20 bits per heavy atom. The van der Waals surface area contributed by atoms with Crippen LogP contribution in [0.25, 0.3) is 0 Å². The van der Waals surface area contributed by atoms with Crippen LogP contribution in [-0.2, 0) is 11.3 Å². The smallest absolute Gasteiger partial charge is 0.170 e. The predicted octanol–water partition coefficient (Wildman–Crippen LogP) is 0.361. The first-order valence-corrected chi connectivity index (χ1v) is 6.20. The molecule has 1 rings (SSSR count). The quantitative estimate of drug-likeness (QED) is 0.278. The molecular formula is C13H20FN3O3. The lowest BCUT2D eigenvalue weighted by Gasteiger charge is -2.22. The van der Waals surface area contributed by atoms with E-state index in [2.05, 4.69) is 5.16 Å². The number of halogens is 1. The predicted molar refractivity (Wildman–Crippen MR) is 73.1 cm³/mol. The second kappa shape index (κ2) is 8.47. The number of oxime groups is 1. The van der Waals surface area contributed by atoms with Crippen molar-refractivity contribution in [3.05, 3.63) is 35.1 Å². The molecule has 0 atom stereocenters. The Kier molecular flexibility index (Phi) is 6.92. The third-order valence-electron chi connectivity index (χ3n) is 2.88. The number of rotatable bonds is 8. The lowest BCUT2D eigenvalue weighted by atomic mass is 10.1. The SMILES string of the molecule is COCCN(CCO)Cc1ccc(F)cc1/C(N)=N/O. The molecule has 0 saturated heterocycles. The van der Waals surface area contributed by atoms with E-state index >= 15 is 0 Å². The van der Waals surface area contributed by atoms with Crippen LogP contribution in [0.5, 0.6) is 0 Å². The summed E-state index contributed by atoms with van der Waals surface area (Å²) in [4.78, 5) is 1.94. The van der Waals surface area contributed by atoms with Crippen molar-refractivity contribution >= 4 is 5.84 Å². The van der Waals surface area contributed by atoms with Crippen molar-refractivity contribution in [3.8, 4) is 0 Å². The van der Waals surface area contributed by atoms with Gasteiger partial charge in [0.15, 0.2) is 5.84 Å². The van der Waals surface area contributed by atoms with Gasteiger partial charge in [0.1, 0.15) is 5.82 Å². The first-order chi connectivity index (χ1) is 9.62. The minimum atomic E-state index is -0.457. The third kappa shape index (κ3) is 4.76. The van der Waals surface area contributed by atoms with Gasteiger partial charge in [-0.05, 0) is 17.7 Å². The number of methoxy groups -OCH3 is 1. The van der Waals surface area contributed by atoms with E-state index in [9.17, 15) is 4.39 Å². The molecule has 0 amide bonds. The van der Waals surface area contributed by atoms with Crippen molar-refractivity contribution in [3.63, 3.8) is 0 Å². The van der Waals surface area contributed by atoms with Gasteiger partial charge in [0, 0.05) is 32.3 Å². The van der Waals surface area contributed by atoms with Gasteiger partial charge in [-0.3, -0.25) is 4.90 Å². The number of nitrogens with two attached hydrogens (primary N) is 1. The fourth-order valence-corrected chi connectivity index (χ4v) is 1.85. The second-order valence-corrected chi connectivity index (χ2v) is 4.28. The molecule has 0 aliphatic heterocycles. The number of nitrogens with zero attached hydrogens (tertiary/aromatic N) is 2. The Morgan fingerprint density at radius 3 is 2.80 bits per heavy atom. The van der Waals surface area contributed by atoms with Gasteiger partial charge in [0.05, 0.1) is 13.2 Å². The van der Waals surface area contributed by atoms with E-state index in [0.717, 1.165) is 0 Å². The highest BCUT2D eigenvalue weighted by molar-refractivity contribution is 5.98. The van der Waals surface area contributed by atoms with Crippen LogP contribution in [-0.4, -0.2) is 54.5 Å². The topological polar surface area (TPSA) is 91.3 Å². The first-order valence-electron chi connectivity index (χ1n) is 6.20. The van der Waals surface area contributed by atoms with Gasteiger partial charge >= 0.3 is 0 Å². The Hall–Kier alpha value is -1.70. The normalized spacial score (nSPS) is 12.1. The number of aliphatic hydroxyl groups excluding tert-OH is 1. The summed E-state index contributed by atoms with van der Waals surface area (Å²) in [7, 11) is 1.59. The molecular weight excluding hydrogens is 265 g/mol. The molecule has 7 heteroatoms. The van der Waals surface area contributed by atoms with Crippen LogP contribution in [0.4, 0.5) is 4.39 Å². The molecule has 0 bridgehead atoms. The van der Waals surface area contributed by atoms with Gasteiger partial charge in [-0.25, -0.2) is 4.39 Å². The molecule has 0 aliphatic rings. The zero-order valence-corrected chi connectivity index (χ0v) is 11.4. The van der Waals surface area contributed by atoms with E-state index < -0.39 is 5.82 Å². The lowest BCUT2D eigenvalue weighted by Crippen LogP contribution is -2.31. The molecule has 0 saturated carbocycles. The first kappa shape index (κ1) is 16.4. The van der Waals surface area contributed by atoms with E-state index in [0.29, 0.717) is 37.4 Å². The Morgan fingerprint density at radius 1 is 1.45 bits per heavy atom. The van der Waals surface area contributed by atoms with E-state index in [-0.39, 0.29) is 12.4 Å². The van der Waals surface area contributed by atoms with Gasteiger partial charge in [0.25, 0.3) is 0 Å². The molecule has 0 aliphatic carbocycles. The van der Waals surface area contributed by atoms with Gasteiger partial charge < -0.3 is 20.8 Å². The van der Waals surface area contributed by atoms with E-state index in [1.807, 2.05) is 4.90 Å². The maximum absolute atomic E-state index is 13.3. The van der Waals surface area contributed by atoms with Crippen LogP contribution < -0.4 is 5.73 Å². The highest BCUT2D eigenvalue weighted by Crippen LogP contribution is 2.14. The summed E-state index contributed by atoms with van der Waals surface area (Å²) in [6.07, 6.45) is 0. The van der Waals surface area contributed by atoms with Crippen LogP contribution in [0, 0.1) is 5.82 Å². The number of hydrogen-bond acceptors (Lipinski definition) is 5. The number of ether oxygens (including phenoxy) is 1. The zero-order valence-electron chi connectivity index (χ0n) is 11.4. The van der Waals surface area contributed by atoms with E-state index in [1.165, 1.54) is 12.1 Å². The van der Waals surface area contributed by atoms with Crippen LogP contribution in [0.2, 0.25) is 0 Å². The number of hydrogen-bond donors (Lipinski definition) is 3. The molecule has 0 heterocycles. The number of benzene rings is 1. The van der Waals surface area contributed by atoms with Crippen molar-refractivity contribution in [2.75, 3.05) is 33.4 Å². The Balaban J connectivity index is 2.93. The standard InChI is InChI=1S/C13H20FN3O3/c1-20-7-5-17(4-6-18)9-10-2-3-11(14)8-12(10)13(15)16-19/h2-3,8,18-19H,4-7,9H2,1H3,(H2,15,16). The molecule has 0 radical (unpaired) electrons. The number of amidine groups is 1. The van der Waals surface area contributed by atoms with E-state index in [1.54, 1.807) is 13.2 Å². The minimum Gasteiger partial charge on any atom is -0.409 e. The summed E-state index contributed by atoms with van der Waals surface area (Å²) < 4.78 is 18.3. The van der Waals surface area contributed by atoms with E-state index in [4.69, 9.17) is 20.8 Å². The van der Waals surface area contributed by atoms with Crippen molar-refractivity contribution < 1.29 is 19.4 Å². The minimum absolute atomic E-state index is 0.00378. The van der Waals surface area contributed by atoms with Crippen LogP contribution >= 0.6 is 0 Å². The van der Waals surface area contributed by atoms with Crippen LogP contribution in [0.15, 0.2) is 23.4 Å². The maximum Gasteiger partial charge on any atom is 0.170 e. The fraction of sp³-hybridized carbons (Fsp3) is 0.462. The Labute approximate surface area is 117 Å². The highest BCUT2D eigenvalue weighted by atomic mass is 19.1. The average molecular weight is 285 g/mol. The summed E-state index contributed by atoms with van der Waals surface area (Å²) in [5, 5.41) is 20.7. The molecule has 4 N–H and O–H groups in total. The Bertz CT molecular complexity index is 454. The third-order valence-corrected chi connectivity index (χ3v) is 2.88. The van der Waals surface area contributed by atoms with Crippen molar-refractivity contribution in [2.45, 2.75) is 6.54 Å². The molecule has 1 aromatic rings. The molecule has 0 fully saturated rings. The fourth-order valence-electron chi connectivity index (χ4n) is 1.85. The van der Waals surface area contributed by atoms with Crippen molar-refractivity contribution in [2.24, 2.45) is 10.9 Å². The molecule has 0 unspecified atom stereocenters. The molecule has 112 valence electrons. The molecule has 6 nitrogen and oxygen atoms in total. The maximum atomic E-state index is 13.3. The van der Waals surface area contributed by atoms with Crippen LogP contribution in [0.1, 0.15) is 11.1 Å². The summed E-state index contributed by atoms with van der Waals surface area (Å²) in [5.74, 6) is -0.601. The van der Waals surface area contributed by atoms with Crippen molar-refractivity contribution in [1.29, 1.82) is 0 Å².